The highest BCUT2D eigenvalue weighted by atomic mass is 15.3. The summed E-state index contributed by atoms with van der Waals surface area (Å²) in [6, 6.07) is 9.66. The quantitative estimate of drug-likeness (QED) is 0.576. The molecule has 0 saturated carbocycles. The van der Waals surface area contributed by atoms with Gasteiger partial charge >= 0.3 is 0 Å². The summed E-state index contributed by atoms with van der Waals surface area (Å²) in [4.78, 5) is 2.56. The SMILES string of the molecule is C1=C2CC3c4ccccc4C1CN23. The molecule has 64 valence electrons. The van der Waals surface area contributed by atoms with Crippen LogP contribution in [0.1, 0.15) is 29.5 Å². The Morgan fingerprint density at radius 2 is 2.00 bits per heavy atom. The molecule has 0 aliphatic carbocycles. The van der Waals surface area contributed by atoms with E-state index >= 15 is 0 Å². The third kappa shape index (κ3) is 0.579. The lowest BCUT2D eigenvalue weighted by Gasteiger charge is -2.46. The Balaban J connectivity index is 2.03. The van der Waals surface area contributed by atoms with Gasteiger partial charge in [-0.2, -0.15) is 0 Å². The van der Waals surface area contributed by atoms with Crippen LogP contribution in [0.3, 0.4) is 0 Å². The molecular weight excluding hydrogens is 158 g/mol. The Kier molecular flexibility index (Phi) is 0.873. The molecule has 0 spiro atoms. The van der Waals surface area contributed by atoms with Crippen LogP contribution in [-0.2, 0) is 0 Å². The highest BCUT2D eigenvalue weighted by Crippen LogP contribution is 2.54. The summed E-state index contributed by atoms with van der Waals surface area (Å²) in [5, 5.41) is 0. The van der Waals surface area contributed by atoms with Gasteiger partial charge in [-0.05, 0) is 11.1 Å². The van der Waals surface area contributed by atoms with E-state index in [1.165, 1.54) is 13.0 Å². The Labute approximate surface area is 77.7 Å². The number of hydrogen-bond acceptors (Lipinski definition) is 1. The normalized spacial score (nSPS) is 32.3. The average Bonchev–Trinajstić information content (AvgIpc) is 2.33. The lowest BCUT2D eigenvalue weighted by atomic mass is 9.85. The maximum absolute atomic E-state index is 2.56. The first kappa shape index (κ1) is 6.25. The van der Waals surface area contributed by atoms with Crippen LogP contribution >= 0.6 is 0 Å². The largest absolute Gasteiger partial charge is 0.367 e. The van der Waals surface area contributed by atoms with Crippen molar-refractivity contribution in [1.29, 1.82) is 0 Å². The Morgan fingerprint density at radius 3 is 2.92 bits per heavy atom. The van der Waals surface area contributed by atoms with Gasteiger partial charge in [-0.3, -0.25) is 0 Å². The number of hydrogen-bond donors (Lipinski definition) is 0. The molecule has 13 heavy (non-hydrogen) atoms. The summed E-state index contributed by atoms with van der Waals surface area (Å²) >= 11 is 0. The lowest BCUT2D eigenvalue weighted by Crippen LogP contribution is -2.39. The highest BCUT2D eigenvalue weighted by molar-refractivity contribution is 5.47. The van der Waals surface area contributed by atoms with E-state index in [-0.39, 0.29) is 0 Å². The zero-order valence-electron chi connectivity index (χ0n) is 7.40. The molecule has 3 heterocycles. The van der Waals surface area contributed by atoms with Gasteiger partial charge in [0.1, 0.15) is 0 Å². The molecule has 2 unspecified atom stereocenters. The third-order valence-corrected chi connectivity index (χ3v) is 3.69. The van der Waals surface area contributed by atoms with Crippen LogP contribution in [0.4, 0.5) is 0 Å². The number of nitrogens with zero attached hydrogens (tertiary/aromatic N) is 1. The van der Waals surface area contributed by atoms with Crippen molar-refractivity contribution in [2.75, 3.05) is 6.54 Å². The summed E-state index contributed by atoms with van der Waals surface area (Å²) in [5.74, 6) is 0.699. The summed E-state index contributed by atoms with van der Waals surface area (Å²) < 4.78 is 0. The predicted octanol–water partition coefficient (Wildman–Crippen LogP) is 2.43. The van der Waals surface area contributed by atoms with E-state index < -0.39 is 0 Å². The summed E-state index contributed by atoms with van der Waals surface area (Å²) in [6.07, 6.45) is 3.75. The lowest BCUT2D eigenvalue weighted by molar-refractivity contribution is 0.163. The van der Waals surface area contributed by atoms with Crippen molar-refractivity contribution < 1.29 is 0 Å². The predicted molar refractivity (Wildman–Crippen MR) is 51.3 cm³/mol. The Bertz CT molecular complexity index is 419. The van der Waals surface area contributed by atoms with Gasteiger partial charge in [-0.15, -0.1) is 0 Å². The molecule has 1 heteroatoms. The van der Waals surface area contributed by atoms with Crippen LogP contribution in [0.2, 0.25) is 0 Å². The first-order chi connectivity index (χ1) is 6.43. The molecular formula is C12H11N. The fraction of sp³-hybridized carbons (Fsp3) is 0.333. The maximum atomic E-state index is 2.56. The second-order valence-electron chi connectivity index (χ2n) is 4.27. The molecule has 1 nitrogen and oxygen atoms in total. The zero-order chi connectivity index (χ0) is 8.41. The second-order valence-corrected chi connectivity index (χ2v) is 4.27. The topological polar surface area (TPSA) is 3.24 Å². The van der Waals surface area contributed by atoms with Gasteiger partial charge in [0, 0.05) is 24.6 Å². The molecule has 1 saturated heterocycles. The molecule has 0 amide bonds. The minimum atomic E-state index is 0.699. The van der Waals surface area contributed by atoms with E-state index in [2.05, 4.69) is 35.2 Å². The molecule has 1 fully saturated rings. The van der Waals surface area contributed by atoms with Crippen LogP contribution in [-0.4, -0.2) is 11.4 Å². The van der Waals surface area contributed by atoms with Gasteiger partial charge in [-0.1, -0.05) is 30.3 Å². The third-order valence-electron chi connectivity index (χ3n) is 3.69. The van der Waals surface area contributed by atoms with E-state index in [1.807, 2.05) is 0 Å². The molecule has 0 radical (unpaired) electrons. The second kappa shape index (κ2) is 1.82. The fourth-order valence-electron chi connectivity index (χ4n) is 3.04. The number of fused-ring (bicyclic) bond motifs is 4. The van der Waals surface area contributed by atoms with E-state index in [4.69, 9.17) is 0 Å². The average molecular weight is 169 g/mol. The van der Waals surface area contributed by atoms with Crippen molar-refractivity contribution in [3.8, 4) is 0 Å². The van der Waals surface area contributed by atoms with Gasteiger partial charge in [0.15, 0.2) is 0 Å². The summed E-state index contributed by atoms with van der Waals surface area (Å²) in [6.45, 7) is 1.25. The first-order valence-electron chi connectivity index (χ1n) is 4.99. The van der Waals surface area contributed by atoms with Crippen molar-refractivity contribution in [2.45, 2.75) is 18.4 Å². The van der Waals surface area contributed by atoms with Crippen LogP contribution in [0.25, 0.3) is 0 Å². The molecule has 4 rings (SSSR count). The van der Waals surface area contributed by atoms with Crippen LogP contribution < -0.4 is 0 Å². The highest BCUT2D eigenvalue weighted by Gasteiger charge is 2.45. The van der Waals surface area contributed by atoms with E-state index in [1.54, 1.807) is 16.8 Å². The van der Waals surface area contributed by atoms with Gasteiger partial charge in [-0.25, -0.2) is 0 Å². The Morgan fingerprint density at radius 1 is 1.15 bits per heavy atom. The van der Waals surface area contributed by atoms with Crippen LogP contribution in [0, 0.1) is 0 Å². The first-order valence-corrected chi connectivity index (χ1v) is 4.99. The van der Waals surface area contributed by atoms with E-state index in [9.17, 15) is 0 Å². The molecule has 3 aliphatic rings. The maximum Gasteiger partial charge on any atom is 0.0597 e. The summed E-state index contributed by atoms with van der Waals surface area (Å²) in [5.41, 5.74) is 4.75. The molecule has 1 aromatic carbocycles. The van der Waals surface area contributed by atoms with Crippen LogP contribution in [0.5, 0.6) is 0 Å². The van der Waals surface area contributed by atoms with Crippen molar-refractivity contribution in [3.05, 3.63) is 47.2 Å². The summed E-state index contributed by atoms with van der Waals surface area (Å²) in [7, 11) is 0. The number of benzene rings is 1. The fourth-order valence-corrected chi connectivity index (χ4v) is 3.04. The molecule has 0 aromatic heterocycles. The molecule has 1 aromatic rings. The monoisotopic (exact) mass is 169 g/mol. The smallest absolute Gasteiger partial charge is 0.0597 e. The van der Waals surface area contributed by atoms with Crippen molar-refractivity contribution >= 4 is 0 Å². The molecule has 0 N–H and O–H groups in total. The van der Waals surface area contributed by atoms with Gasteiger partial charge in [0.2, 0.25) is 0 Å². The van der Waals surface area contributed by atoms with Crippen molar-refractivity contribution in [2.24, 2.45) is 0 Å². The molecule has 2 bridgehead atoms. The zero-order valence-corrected chi connectivity index (χ0v) is 7.40. The Hall–Kier alpha value is -1.24. The van der Waals surface area contributed by atoms with Gasteiger partial charge in [0.25, 0.3) is 0 Å². The minimum Gasteiger partial charge on any atom is -0.367 e. The van der Waals surface area contributed by atoms with Gasteiger partial charge in [0.05, 0.1) is 6.04 Å². The van der Waals surface area contributed by atoms with Crippen molar-refractivity contribution in [3.63, 3.8) is 0 Å². The van der Waals surface area contributed by atoms with Crippen LogP contribution in [0.15, 0.2) is 36.0 Å². The standard InChI is InChI=1S/C12H11N/c1-2-4-11-10(3-1)8-5-9-6-12(11)13(9)7-8/h1-5,8,12H,6-7H2. The molecule has 2 atom stereocenters. The van der Waals surface area contributed by atoms with E-state index in [0.29, 0.717) is 5.92 Å². The molecule has 3 aliphatic heterocycles. The van der Waals surface area contributed by atoms with E-state index in [0.717, 1.165) is 6.04 Å². The minimum absolute atomic E-state index is 0.699. The van der Waals surface area contributed by atoms with Gasteiger partial charge < -0.3 is 4.90 Å². The number of rotatable bonds is 0. The van der Waals surface area contributed by atoms with Crippen molar-refractivity contribution in [1.82, 2.24) is 4.90 Å².